The lowest BCUT2D eigenvalue weighted by Crippen LogP contribution is -2.18. The van der Waals surface area contributed by atoms with Gasteiger partial charge in [-0.15, -0.1) is 0 Å². The van der Waals surface area contributed by atoms with Gasteiger partial charge < -0.3 is 9.13 Å². The first-order chi connectivity index (χ1) is 22.6. The van der Waals surface area contributed by atoms with E-state index in [1.54, 1.807) is 0 Å². The largest absolute Gasteiger partial charge is 0.309 e. The molecule has 0 saturated heterocycles. The zero-order valence-electron chi connectivity index (χ0n) is 25.2. The van der Waals surface area contributed by atoms with Crippen LogP contribution in [-0.4, -0.2) is 0 Å². The van der Waals surface area contributed by atoms with Gasteiger partial charge in [0.25, 0.3) is 0 Å². The van der Waals surface area contributed by atoms with Crippen LogP contribution in [0.25, 0.3) is 21.5 Å². The van der Waals surface area contributed by atoms with Crippen LogP contribution >= 0.6 is 14.3 Å². The fourth-order valence-electron chi connectivity index (χ4n) is 7.03. The number of rotatable bonds is 7. The lowest BCUT2D eigenvalue weighted by molar-refractivity contribution is 0.590. The Morgan fingerprint density at radius 3 is 1.20 bits per heavy atom. The predicted molar refractivity (Wildman–Crippen MR) is 196 cm³/mol. The van der Waals surface area contributed by atoms with Crippen LogP contribution in [0, 0.1) is 11.8 Å². The van der Waals surface area contributed by atoms with Crippen molar-refractivity contribution in [2.45, 2.75) is 0 Å². The highest BCUT2D eigenvalue weighted by atomic mass is 31.2. The molecule has 4 unspecified atom stereocenters. The van der Waals surface area contributed by atoms with E-state index in [2.05, 4.69) is 72.9 Å². The Morgan fingerprint density at radius 2 is 0.761 bits per heavy atom. The smallest absolute Gasteiger partial charge is 0.171 e. The summed E-state index contributed by atoms with van der Waals surface area (Å²) in [4.78, 5) is 0. The highest BCUT2D eigenvalue weighted by Crippen LogP contribution is 2.58. The molecule has 0 N–H and O–H groups in total. The van der Waals surface area contributed by atoms with E-state index in [0.717, 1.165) is 53.4 Å². The molecule has 0 aliphatic heterocycles. The van der Waals surface area contributed by atoms with E-state index in [-0.39, 0.29) is 11.8 Å². The van der Waals surface area contributed by atoms with Crippen molar-refractivity contribution in [2.75, 3.05) is 0 Å². The van der Waals surface area contributed by atoms with Gasteiger partial charge in [0.2, 0.25) is 0 Å². The zero-order valence-corrected chi connectivity index (χ0v) is 27.0. The fraction of sp³-hybridized carbons (Fsp3) is 0.0476. The van der Waals surface area contributed by atoms with Crippen LogP contribution in [0.1, 0.15) is 0 Å². The Balaban J connectivity index is 1.23. The monoisotopic (exact) mass is 630 g/mol. The first-order valence-electron chi connectivity index (χ1n) is 15.7. The quantitative estimate of drug-likeness (QED) is 0.165. The Morgan fingerprint density at radius 1 is 0.391 bits per heavy atom. The lowest BCUT2D eigenvalue weighted by Gasteiger charge is -2.22. The molecule has 4 atom stereocenters. The van der Waals surface area contributed by atoms with Gasteiger partial charge in [-0.3, -0.25) is 0 Å². The molecule has 0 bridgehead atoms. The fourth-order valence-corrected chi connectivity index (χ4v) is 13.0. The molecule has 8 rings (SSSR count). The van der Waals surface area contributed by atoms with E-state index in [1.807, 2.05) is 109 Å². The molecule has 6 aromatic carbocycles. The number of hydrogen-bond acceptors (Lipinski definition) is 2. The van der Waals surface area contributed by atoms with Crippen molar-refractivity contribution < 1.29 is 9.13 Å². The molecule has 0 heterocycles. The van der Waals surface area contributed by atoms with Crippen molar-refractivity contribution >= 4 is 57.0 Å². The van der Waals surface area contributed by atoms with Crippen molar-refractivity contribution in [1.82, 2.24) is 0 Å². The van der Waals surface area contributed by atoms with Gasteiger partial charge in [-0.2, -0.15) is 0 Å². The minimum atomic E-state index is -3.19. The minimum absolute atomic E-state index is 0.00694. The Hall–Kier alpha value is -4.74. The molecule has 0 fully saturated rings. The molecule has 222 valence electrons. The normalized spacial score (nSPS) is 19.9. The molecular weight excluding hydrogens is 598 g/mol. The first-order valence-corrected chi connectivity index (χ1v) is 19.1. The van der Waals surface area contributed by atoms with E-state index >= 15 is 9.13 Å². The Kier molecular flexibility index (Phi) is 7.22. The highest BCUT2D eigenvalue weighted by Gasteiger charge is 2.38. The number of hydrogen-bond donors (Lipinski definition) is 0. The van der Waals surface area contributed by atoms with Crippen molar-refractivity contribution in [2.24, 2.45) is 11.8 Å². The van der Waals surface area contributed by atoms with Crippen molar-refractivity contribution in [3.63, 3.8) is 0 Å². The van der Waals surface area contributed by atoms with Gasteiger partial charge in [0.15, 0.2) is 14.3 Å². The maximum atomic E-state index is 15.5. The van der Waals surface area contributed by atoms with E-state index in [4.69, 9.17) is 0 Å². The predicted octanol–water partition coefficient (Wildman–Crippen LogP) is 9.46. The summed E-state index contributed by atoms with van der Waals surface area (Å²) in [6.07, 6.45) is 12.8. The lowest BCUT2D eigenvalue weighted by atomic mass is 9.96. The van der Waals surface area contributed by atoms with Crippen LogP contribution < -0.4 is 21.2 Å². The Labute approximate surface area is 269 Å². The molecule has 0 radical (unpaired) electrons. The van der Waals surface area contributed by atoms with Crippen LogP contribution in [0.5, 0.6) is 0 Å². The summed E-state index contributed by atoms with van der Waals surface area (Å²) in [5.74, 6) is -0.0139. The van der Waals surface area contributed by atoms with Gasteiger partial charge in [0.1, 0.15) is 0 Å². The molecule has 4 heteroatoms. The summed E-state index contributed by atoms with van der Waals surface area (Å²) in [6, 6.07) is 48.3. The number of benzene rings is 6. The van der Waals surface area contributed by atoms with Crippen LogP contribution in [0.15, 0.2) is 193 Å². The average Bonchev–Trinajstić information content (AvgIpc) is 3.83. The van der Waals surface area contributed by atoms with Gasteiger partial charge in [0.05, 0.1) is 0 Å². The SMILES string of the molecule is O=P(C1=CC(C2C=CC(P(=O)(c3ccccc3)c3cccc4ccccc34)=C2)C=C1)(c1ccccc1)c1cccc2ccccc12. The summed E-state index contributed by atoms with van der Waals surface area (Å²) < 4.78 is 31.0. The highest BCUT2D eigenvalue weighted by molar-refractivity contribution is 7.83. The zero-order chi connectivity index (χ0) is 31.1. The average molecular weight is 631 g/mol. The third kappa shape index (κ3) is 4.64. The summed E-state index contributed by atoms with van der Waals surface area (Å²) in [7, 11) is -6.38. The van der Waals surface area contributed by atoms with Gasteiger partial charge in [0, 0.05) is 43.7 Å². The van der Waals surface area contributed by atoms with Gasteiger partial charge in [-0.25, -0.2) is 0 Å². The molecule has 46 heavy (non-hydrogen) atoms. The molecule has 2 aliphatic carbocycles. The van der Waals surface area contributed by atoms with Crippen molar-refractivity contribution in [3.8, 4) is 0 Å². The molecule has 0 amide bonds. The van der Waals surface area contributed by atoms with Crippen molar-refractivity contribution in [1.29, 1.82) is 0 Å². The standard InChI is InChI=1S/C42H32O2P2/c43-45(35-17-3-1-4-18-35,41-23-11-15-31-13-7-9-21-39(31)41)37-27-25-33(29-37)34-26-28-38(30-34)46(44,36-19-5-2-6-20-36)42-24-12-16-32-14-8-10-22-40(32)42/h1-30,33-34H. The molecular formula is C42H32O2P2. The van der Waals surface area contributed by atoms with E-state index in [1.165, 1.54) is 0 Å². The molecule has 0 saturated carbocycles. The van der Waals surface area contributed by atoms with Gasteiger partial charge >= 0.3 is 0 Å². The van der Waals surface area contributed by atoms with Crippen LogP contribution in [0.3, 0.4) is 0 Å². The van der Waals surface area contributed by atoms with Crippen LogP contribution in [0.4, 0.5) is 0 Å². The second-order valence-corrected chi connectivity index (χ2v) is 17.4. The molecule has 0 aromatic heterocycles. The van der Waals surface area contributed by atoms with Crippen molar-refractivity contribution in [3.05, 3.63) is 193 Å². The third-order valence-electron chi connectivity index (χ3n) is 9.33. The van der Waals surface area contributed by atoms with Gasteiger partial charge in [-0.05, 0) is 21.5 Å². The Bertz CT molecular complexity index is 2150. The van der Waals surface area contributed by atoms with Crippen LogP contribution in [-0.2, 0) is 9.13 Å². The summed E-state index contributed by atoms with van der Waals surface area (Å²) in [5, 5.41) is 9.22. The summed E-state index contributed by atoms with van der Waals surface area (Å²) in [5.41, 5.74) is 0. The molecule has 2 nitrogen and oxygen atoms in total. The first kappa shape index (κ1) is 28.7. The minimum Gasteiger partial charge on any atom is -0.309 e. The molecule has 0 spiro atoms. The van der Waals surface area contributed by atoms with Gasteiger partial charge in [-0.1, -0.05) is 182 Å². The maximum absolute atomic E-state index is 15.5. The summed E-state index contributed by atoms with van der Waals surface area (Å²) >= 11 is 0. The number of allylic oxidation sites excluding steroid dienone is 8. The second-order valence-electron chi connectivity index (χ2n) is 11.9. The molecule has 6 aromatic rings. The maximum Gasteiger partial charge on any atom is 0.171 e. The second kappa shape index (κ2) is 11.6. The topological polar surface area (TPSA) is 34.1 Å². The number of fused-ring (bicyclic) bond motifs is 2. The summed E-state index contributed by atoms with van der Waals surface area (Å²) in [6.45, 7) is 0. The van der Waals surface area contributed by atoms with Crippen LogP contribution in [0.2, 0.25) is 0 Å². The van der Waals surface area contributed by atoms with E-state index < -0.39 is 14.3 Å². The van der Waals surface area contributed by atoms with E-state index in [0.29, 0.717) is 0 Å². The van der Waals surface area contributed by atoms with E-state index in [9.17, 15) is 0 Å². The molecule has 2 aliphatic rings. The third-order valence-corrected chi connectivity index (χ3v) is 15.6.